The van der Waals surface area contributed by atoms with Gasteiger partial charge in [0.25, 0.3) is 0 Å². The van der Waals surface area contributed by atoms with Crippen LogP contribution in [0, 0.1) is 0 Å². The molecule has 2 atom stereocenters. The van der Waals surface area contributed by atoms with Crippen LogP contribution >= 0.6 is 0 Å². The number of hydrogen-bond donors (Lipinski definition) is 1. The van der Waals surface area contributed by atoms with Gasteiger partial charge < -0.3 is 0 Å². The number of nitrogens with one attached hydrogen (secondary N) is 1. The third-order valence-electron chi connectivity index (χ3n) is 4.32. The smallest absolute Gasteiger partial charge is 0.208 e. The zero-order valence-corrected chi connectivity index (χ0v) is 13.3. The fraction of sp³-hybridized carbons (Fsp3) is 0.333. The average molecular weight is 315 g/mol. The first kappa shape index (κ1) is 15.3. The molecule has 1 aliphatic carbocycles. The zero-order chi connectivity index (χ0) is 15.4. The van der Waals surface area contributed by atoms with E-state index in [9.17, 15) is 8.42 Å². The Bertz CT molecular complexity index is 698. The highest BCUT2D eigenvalue weighted by Gasteiger charge is 2.27. The highest BCUT2D eigenvalue weighted by Crippen LogP contribution is 2.33. The Kier molecular flexibility index (Phi) is 4.60. The van der Waals surface area contributed by atoms with E-state index in [0.717, 1.165) is 25.7 Å². The second-order valence-electron chi connectivity index (χ2n) is 5.91. The summed E-state index contributed by atoms with van der Waals surface area (Å²) in [5.74, 6) is 0.443. The molecule has 0 aliphatic heterocycles. The first-order chi connectivity index (χ1) is 10.6. The van der Waals surface area contributed by atoms with Gasteiger partial charge in [0, 0.05) is 6.04 Å². The van der Waals surface area contributed by atoms with Crippen molar-refractivity contribution in [2.45, 2.75) is 42.5 Å². The van der Waals surface area contributed by atoms with Crippen LogP contribution < -0.4 is 4.72 Å². The predicted molar refractivity (Wildman–Crippen MR) is 88.2 cm³/mol. The summed E-state index contributed by atoms with van der Waals surface area (Å²) < 4.78 is 27.7. The molecule has 4 heteroatoms. The van der Waals surface area contributed by atoms with E-state index in [2.05, 4.69) is 16.9 Å². The monoisotopic (exact) mass is 315 g/mol. The SMILES string of the molecule is O=S(=O)(N[C@H]1CCC[C@H](c2ccccc2)C1)c1ccccc1. The molecule has 116 valence electrons. The van der Waals surface area contributed by atoms with E-state index in [1.54, 1.807) is 24.3 Å². The quantitative estimate of drug-likeness (QED) is 0.935. The van der Waals surface area contributed by atoms with Gasteiger partial charge in [-0.3, -0.25) is 0 Å². The summed E-state index contributed by atoms with van der Waals surface area (Å²) in [4.78, 5) is 0.344. The lowest BCUT2D eigenvalue weighted by atomic mass is 9.82. The number of sulfonamides is 1. The Hall–Kier alpha value is -1.65. The van der Waals surface area contributed by atoms with E-state index >= 15 is 0 Å². The van der Waals surface area contributed by atoms with Crippen LogP contribution in [0.2, 0.25) is 0 Å². The molecule has 2 aromatic rings. The van der Waals surface area contributed by atoms with Crippen LogP contribution in [-0.2, 0) is 10.0 Å². The van der Waals surface area contributed by atoms with E-state index in [-0.39, 0.29) is 6.04 Å². The molecule has 1 saturated carbocycles. The maximum absolute atomic E-state index is 12.4. The van der Waals surface area contributed by atoms with Crippen molar-refractivity contribution in [1.29, 1.82) is 0 Å². The molecule has 3 rings (SSSR count). The van der Waals surface area contributed by atoms with Gasteiger partial charge in [-0.1, -0.05) is 55.0 Å². The molecule has 0 unspecified atom stereocenters. The van der Waals surface area contributed by atoms with Gasteiger partial charge >= 0.3 is 0 Å². The Morgan fingerprint density at radius 3 is 2.18 bits per heavy atom. The van der Waals surface area contributed by atoms with Crippen molar-refractivity contribution < 1.29 is 8.42 Å². The molecule has 0 aromatic heterocycles. The summed E-state index contributed by atoms with van der Waals surface area (Å²) in [5.41, 5.74) is 1.31. The van der Waals surface area contributed by atoms with Crippen molar-refractivity contribution in [2.24, 2.45) is 0 Å². The standard InChI is InChI=1S/C18H21NO2S/c20-22(21,18-12-5-2-6-13-18)19-17-11-7-10-16(14-17)15-8-3-1-4-9-15/h1-6,8-9,12-13,16-17,19H,7,10-11,14H2/t16-,17-/m0/s1. The molecule has 0 heterocycles. The first-order valence-electron chi connectivity index (χ1n) is 7.77. The number of rotatable bonds is 4. The van der Waals surface area contributed by atoms with Crippen LogP contribution in [0.4, 0.5) is 0 Å². The molecule has 0 saturated heterocycles. The van der Waals surface area contributed by atoms with Crippen molar-refractivity contribution in [2.75, 3.05) is 0 Å². The predicted octanol–water partition coefficient (Wildman–Crippen LogP) is 3.69. The van der Waals surface area contributed by atoms with E-state index in [1.807, 2.05) is 24.3 Å². The highest BCUT2D eigenvalue weighted by molar-refractivity contribution is 7.89. The molecule has 1 aliphatic rings. The van der Waals surface area contributed by atoms with Gasteiger partial charge in [0.15, 0.2) is 0 Å². The van der Waals surface area contributed by atoms with Crippen molar-refractivity contribution >= 4 is 10.0 Å². The average Bonchev–Trinajstić information content (AvgIpc) is 2.56. The minimum atomic E-state index is -3.42. The fourth-order valence-electron chi connectivity index (χ4n) is 3.21. The Morgan fingerprint density at radius 2 is 1.50 bits per heavy atom. The van der Waals surface area contributed by atoms with Gasteiger partial charge in [-0.25, -0.2) is 13.1 Å². The minimum Gasteiger partial charge on any atom is -0.208 e. The van der Waals surface area contributed by atoms with E-state index in [4.69, 9.17) is 0 Å². The summed E-state index contributed by atoms with van der Waals surface area (Å²) in [7, 11) is -3.42. The van der Waals surface area contributed by atoms with Crippen LogP contribution in [0.3, 0.4) is 0 Å². The normalized spacial score (nSPS) is 22.4. The Balaban J connectivity index is 1.71. The summed E-state index contributed by atoms with van der Waals surface area (Å²) in [5, 5.41) is 0. The lowest BCUT2D eigenvalue weighted by Crippen LogP contribution is -2.37. The maximum Gasteiger partial charge on any atom is 0.240 e. The van der Waals surface area contributed by atoms with E-state index < -0.39 is 10.0 Å². The molecular weight excluding hydrogens is 294 g/mol. The molecule has 1 N–H and O–H groups in total. The fourth-order valence-corrected chi connectivity index (χ4v) is 4.52. The first-order valence-corrected chi connectivity index (χ1v) is 9.26. The van der Waals surface area contributed by atoms with Gasteiger partial charge in [-0.05, 0) is 42.9 Å². The van der Waals surface area contributed by atoms with Gasteiger partial charge in [-0.15, -0.1) is 0 Å². The van der Waals surface area contributed by atoms with Gasteiger partial charge in [0.2, 0.25) is 10.0 Å². The third-order valence-corrected chi connectivity index (χ3v) is 5.86. The topological polar surface area (TPSA) is 46.2 Å². The van der Waals surface area contributed by atoms with Gasteiger partial charge in [0.05, 0.1) is 4.90 Å². The molecule has 3 nitrogen and oxygen atoms in total. The Labute approximate surface area is 132 Å². The van der Waals surface area contributed by atoms with Crippen molar-refractivity contribution in [3.63, 3.8) is 0 Å². The molecule has 2 aromatic carbocycles. The largest absolute Gasteiger partial charge is 0.240 e. The van der Waals surface area contributed by atoms with Crippen LogP contribution in [0.1, 0.15) is 37.2 Å². The summed E-state index contributed by atoms with van der Waals surface area (Å²) in [6.45, 7) is 0. The second kappa shape index (κ2) is 6.63. The number of benzene rings is 2. The van der Waals surface area contributed by atoms with E-state index in [1.165, 1.54) is 5.56 Å². The van der Waals surface area contributed by atoms with Crippen LogP contribution in [0.15, 0.2) is 65.6 Å². The van der Waals surface area contributed by atoms with Crippen LogP contribution in [-0.4, -0.2) is 14.5 Å². The van der Waals surface area contributed by atoms with Crippen molar-refractivity contribution in [3.05, 3.63) is 66.2 Å². The molecule has 0 spiro atoms. The molecule has 0 radical (unpaired) electrons. The summed E-state index contributed by atoms with van der Waals surface area (Å²) >= 11 is 0. The van der Waals surface area contributed by atoms with Gasteiger partial charge in [0.1, 0.15) is 0 Å². The summed E-state index contributed by atoms with van der Waals surface area (Å²) in [6.07, 6.45) is 3.97. The lowest BCUT2D eigenvalue weighted by Gasteiger charge is -2.30. The maximum atomic E-state index is 12.4. The van der Waals surface area contributed by atoms with E-state index in [0.29, 0.717) is 10.8 Å². The Morgan fingerprint density at radius 1 is 0.864 bits per heavy atom. The highest BCUT2D eigenvalue weighted by atomic mass is 32.2. The van der Waals surface area contributed by atoms with Crippen molar-refractivity contribution in [3.8, 4) is 0 Å². The third kappa shape index (κ3) is 3.57. The lowest BCUT2D eigenvalue weighted by molar-refractivity contribution is 0.371. The summed E-state index contributed by atoms with van der Waals surface area (Å²) in [6, 6.07) is 19.0. The van der Waals surface area contributed by atoms with Crippen molar-refractivity contribution in [1.82, 2.24) is 4.72 Å². The zero-order valence-electron chi connectivity index (χ0n) is 12.5. The van der Waals surface area contributed by atoms with Gasteiger partial charge in [-0.2, -0.15) is 0 Å². The van der Waals surface area contributed by atoms with Crippen LogP contribution in [0.5, 0.6) is 0 Å². The molecule has 0 bridgehead atoms. The number of hydrogen-bond acceptors (Lipinski definition) is 2. The molecule has 1 fully saturated rings. The van der Waals surface area contributed by atoms with Crippen LogP contribution in [0.25, 0.3) is 0 Å². The molecule has 22 heavy (non-hydrogen) atoms. The second-order valence-corrected chi connectivity index (χ2v) is 7.62. The minimum absolute atomic E-state index is 0.0177. The molecular formula is C18H21NO2S. The molecule has 0 amide bonds.